The fraction of sp³-hybridized carbons (Fsp3) is 0.250. The standard InChI is InChI=1S/C19H21N5O2.CH4O3S/c1-19(2,3)15-10-17(26-24-15)23-18(25)22-14-7-4-12(5-8-14)13-6-9-16(20)21-11-13;1-5(2,3)4/h4-11H,1-3H3,(H2,20,21)(H2,22,23,25);1H3,(H,2,3,4). The van der Waals surface area contributed by atoms with Gasteiger partial charge in [-0.2, -0.15) is 0 Å². The number of H-pyrrole nitrogens is 1. The van der Waals surface area contributed by atoms with Gasteiger partial charge < -0.3 is 14.4 Å². The first-order valence-electron chi connectivity index (χ1n) is 9.15. The highest BCUT2D eigenvalue weighted by molar-refractivity contribution is 7.84. The van der Waals surface area contributed by atoms with Crippen molar-refractivity contribution in [2.45, 2.75) is 26.2 Å². The first-order valence-corrected chi connectivity index (χ1v) is 11.0. The van der Waals surface area contributed by atoms with Crippen LogP contribution in [-0.4, -0.2) is 30.4 Å². The normalized spacial score (nSPS) is 11.3. The number of pyridine rings is 1. The molecule has 2 aromatic heterocycles. The minimum absolute atomic E-state index is 0.144. The monoisotopic (exact) mass is 447 g/mol. The SMILES string of the molecule is CC(C)(C)c1cc(NC(=O)Nc2ccc(-c3ccc(N)[nH+]c3)cc2)on1.CS(=O)(=O)[O-]. The van der Waals surface area contributed by atoms with Gasteiger partial charge in [-0.05, 0) is 23.8 Å². The average Bonchev–Trinajstić information content (AvgIpc) is 3.10. The number of nitrogens with two attached hydrogens (primary N) is 1. The molecule has 3 rings (SSSR count). The molecule has 2 amide bonds. The third-order valence-corrected chi connectivity index (χ3v) is 3.83. The quantitative estimate of drug-likeness (QED) is 0.519. The van der Waals surface area contributed by atoms with Crippen molar-refractivity contribution in [3.05, 3.63) is 54.4 Å². The minimum atomic E-state index is -3.92. The molecule has 3 aromatic rings. The highest BCUT2D eigenvalue weighted by Crippen LogP contribution is 2.24. The molecule has 0 bridgehead atoms. The lowest BCUT2D eigenvalue weighted by Gasteiger charge is -2.12. The Balaban J connectivity index is 0.000000614. The lowest BCUT2D eigenvalue weighted by molar-refractivity contribution is -0.359. The number of rotatable bonds is 3. The third-order valence-electron chi connectivity index (χ3n) is 3.83. The predicted molar refractivity (Wildman–Crippen MR) is 116 cm³/mol. The number of hydrogen-bond donors (Lipinski definition) is 3. The first kappa shape index (κ1) is 23.8. The van der Waals surface area contributed by atoms with Gasteiger partial charge in [0.2, 0.25) is 5.88 Å². The highest BCUT2D eigenvalue weighted by Gasteiger charge is 2.19. The molecule has 0 saturated heterocycles. The lowest BCUT2D eigenvalue weighted by atomic mass is 9.92. The van der Waals surface area contributed by atoms with Gasteiger partial charge in [0, 0.05) is 35.1 Å². The van der Waals surface area contributed by atoms with Crippen LogP contribution in [0, 0.1) is 0 Å². The first-order chi connectivity index (χ1) is 14.3. The van der Waals surface area contributed by atoms with E-state index < -0.39 is 16.1 Å². The second-order valence-corrected chi connectivity index (χ2v) is 9.13. The summed E-state index contributed by atoms with van der Waals surface area (Å²) in [7, 11) is -3.92. The maximum atomic E-state index is 12.1. The number of urea groups is 1. The Labute approximate surface area is 180 Å². The van der Waals surface area contributed by atoms with Gasteiger partial charge in [-0.15, -0.1) is 0 Å². The van der Waals surface area contributed by atoms with Gasteiger partial charge in [0.25, 0.3) is 5.82 Å². The Morgan fingerprint density at radius 3 is 2.16 bits per heavy atom. The van der Waals surface area contributed by atoms with E-state index in [4.69, 9.17) is 23.2 Å². The highest BCUT2D eigenvalue weighted by atomic mass is 32.2. The molecule has 0 radical (unpaired) electrons. The van der Waals surface area contributed by atoms with Crippen molar-refractivity contribution in [2.24, 2.45) is 0 Å². The zero-order valence-electron chi connectivity index (χ0n) is 17.6. The van der Waals surface area contributed by atoms with E-state index in [1.54, 1.807) is 12.1 Å². The molecule has 0 unspecified atom stereocenters. The number of carbonyl (C=O) groups excluding carboxylic acids is 1. The molecule has 166 valence electrons. The largest absolute Gasteiger partial charge is 0.748 e. The predicted octanol–water partition coefficient (Wildman–Crippen LogP) is 2.84. The average molecular weight is 448 g/mol. The Hall–Kier alpha value is -3.44. The van der Waals surface area contributed by atoms with Gasteiger partial charge in [-0.1, -0.05) is 38.1 Å². The fourth-order valence-corrected chi connectivity index (χ4v) is 2.32. The summed E-state index contributed by atoms with van der Waals surface area (Å²) < 4.78 is 32.4. The fourth-order valence-electron chi connectivity index (χ4n) is 2.32. The number of benzene rings is 1. The van der Waals surface area contributed by atoms with E-state index in [2.05, 4.69) is 20.8 Å². The van der Waals surface area contributed by atoms with Crippen LogP contribution in [-0.2, 0) is 15.5 Å². The van der Waals surface area contributed by atoms with Gasteiger partial charge in [0.1, 0.15) is 0 Å². The van der Waals surface area contributed by atoms with Crippen LogP contribution in [0.1, 0.15) is 26.5 Å². The lowest BCUT2D eigenvalue weighted by Crippen LogP contribution is -2.19. The van der Waals surface area contributed by atoms with Crippen LogP contribution < -0.4 is 21.4 Å². The number of nitrogens with zero attached hydrogens (tertiary/aromatic N) is 1. The molecule has 31 heavy (non-hydrogen) atoms. The summed E-state index contributed by atoms with van der Waals surface area (Å²) in [6.45, 7) is 6.07. The molecule has 0 saturated carbocycles. The second-order valence-electron chi connectivity index (χ2n) is 7.72. The number of amides is 2. The Morgan fingerprint density at radius 2 is 1.68 bits per heavy atom. The van der Waals surface area contributed by atoms with Crippen molar-refractivity contribution in [3.63, 3.8) is 0 Å². The van der Waals surface area contributed by atoms with Crippen LogP contribution in [0.15, 0.2) is 53.2 Å². The summed E-state index contributed by atoms with van der Waals surface area (Å²) >= 11 is 0. The van der Waals surface area contributed by atoms with Gasteiger partial charge >= 0.3 is 6.03 Å². The summed E-state index contributed by atoms with van der Waals surface area (Å²) in [4.78, 5) is 15.1. The van der Waals surface area contributed by atoms with Crippen molar-refractivity contribution in [3.8, 4) is 11.1 Å². The van der Waals surface area contributed by atoms with Crippen molar-refractivity contribution in [2.75, 3.05) is 22.6 Å². The molecule has 11 heteroatoms. The van der Waals surface area contributed by atoms with Gasteiger partial charge in [-0.3, -0.25) is 11.1 Å². The van der Waals surface area contributed by atoms with Crippen molar-refractivity contribution >= 4 is 33.5 Å². The summed E-state index contributed by atoms with van der Waals surface area (Å²) in [6.07, 6.45) is 2.44. The molecule has 10 nitrogen and oxygen atoms in total. The zero-order chi connectivity index (χ0) is 23.2. The van der Waals surface area contributed by atoms with Crippen LogP contribution in [0.5, 0.6) is 0 Å². The molecule has 1 aromatic carbocycles. The molecular formula is C20H25N5O5S. The number of anilines is 3. The van der Waals surface area contributed by atoms with Crippen LogP contribution in [0.3, 0.4) is 0 Å². The second kappa shape index (κ2) is 9.58. The molecule has 0 atom stereocenters. The molecule has 0 aliphatic rings. The molecule has 0 fully saturated rings. The summed E-state index contributed by atoms with van der Waals surface area (Å²) in [5.41, 5.74) is 8.97. The Morgan fingerprint density at radius 1 is 1.10 bits per heavy atom. The Bertz CT molecular complexity index is 1110. The van der Waals surface area contributed by atoms with Crippen LogP contribution in [0.4, 0.5) is 22.2 Å². The topological polar surface area (TPSA) is 165 Å². The molecule has 2 heterocycles. The third kappa shape index (κ3) is 8.44. The number of aromatic nitrogens is 2. The molecule has 0 aliphatic carbocycles. The summed E-state index contributed by atoms with van der Waals surface area (Å²) in [6, 6.07) is 12.5. The maximum absolute atomic E-state index is 12.1. The van der Waals surface area contributed by atoms with E-state index >= 15 is 0 Å². The smallest absolute Gasteiger partial charge is 0.326 e. The number of carbonyl (C=O) groups is 1. The van der Waals surface area contributed by atoms with E-state index in [1.807, 2.05) is 57.3 Å². The van der Waals surface area contributed by atoms with E-state index in [1.165, 1.54) is 0 Å². The van der Waals surface area contributed by atoms with E-state index in [0.29, 0.717) is 23.6 Å². The summed E-state index contributed by atoms with van der Waals surface area (Å²) in [5, 5.41) is 9.37. The van der Waals surface area contributed by atoms with Gasteiger partial charge in [0.05, 0.1) is 22.0 Å². The molecule has 5 N–H and O–H groups in total. The summed E-state index contributed by atoms with van der Waals surface area (Å²) in [5.74, 6) is 0.909. The van der Waals surface area contributed by atoms with Crippen molar-refractivity contribution < 1.29 is 27.3 Å². The molecule has 0 aliphatic heterocycles. The van der Waals surface area contributed by atoms with Crippen molar-refractivity contribution in [1.82, 2.24) is 5.16 Å². The van der Waals surface area contributed by atoms with E-state index in [-0.39, 0.29) is 5.41 Å². The molecular weight excluding hydrogens is 422 g/mol. The van der Waals surface area contributed by atoms with E-state index in [9.17, 15) is 4.79 Å². The van der Waals surface area contributed by atoms with Gasteiger partial charge in [0.15, 0.2) is 0 Å². The number of nitrogen functional groups attached to an aromatic ring is 1. The number of aromatic amines is 1. The Kier molecular flexibility index (Phi) is 7.37. The van der Waals surface area contributed by atoms with E-state index in [0.717, 1.165) is 16.8 Å². The number of hydrogen-bond acceptors (Lipinski definition) is 7. The number of nitrogens with one attached hydrogen (secondary N) is 3. The maximum Gasteiger partial charge on any atom is 0.326 e. The van der Waals surface area contributed by atoms with Crippen molar-refractivity contribution in [1.29, 1.82) is 0 Å². The van der Waals surface area contributed by atoms with Gasteiger partial charge in [-0.25, -0.2) is 18.2 Å². The molecule has 0 spiro atoms. The minimum Gasteiger partial charge on any atom is -0.748 e. The van der Waals surface area contributed by atoms with Crippen LogP contribution >= 0.6 is 0 Å². The van der Waals surface area contributed by atoms with Crippen LogP contribution in [0.2, 0.25) is 0 Å². The van der Waals surface area contributed by atoms with Crippen LogP contribution in [0.25, 0.3) is 11.1 Å². The zero-order valence-corrected chi connectivity index (χ0v) is 18.4.